The number of esters is 1. The van der Waals surface area contributed by atoms with E-state index in [1.807, 2.05) is 0 Å². The van der Waals surface area contributed by atoms with E-state index in [2.05, 4.69) is 40.5 Å². The SMILES string of the molecule is CCOC(=O)c1ccc(C(F)(F)F)c(Nc2ncccc2-c2ccncn2)c1.O=C(O)c1ccc(C(F)(F)F)c(Nc2ncccc2-c2ccncn2)c1. The summed E-state index contributed by atoms with van der Waals surface area (Å²) in [6, 6.07) is 15.3. The number of carboxylic acids is 1. The third-order valence-electron chi connectivity index (χ3n) is 7.25. The second-order valence-corrected chi connectivity index (χ2v) is 10.8. The number of aromatic carboxylic acids is 1. The molecule has 2 aromatic carbocycles. The molecule has 6 rings (SSSR count). The van der Waals surface area contributed by atoms with Crippen molar-refractivity contribution in [3.63, 3.8) is 0 Å². The standard InChI is InChI=1S/C19H15F3N4O2.C17H11F3N4O2/c1-2-28-18(27)12-5-6-14(19(20,21)22)16(10-12)26-17-13(4-3-8-24-17)15-7-9-23-11-25-15;18-17(19,20)12-4-3-10(16(25)26)8-14(12)24-15-11(2-1-6-22-15)13-5-7-21-9-23-13/h3-11H,2H2,1H3,(H,24,26);1-9H,(H,22,24)(H,25,26). The Kier molecular flexibility index (Phi) is 11.7. The first-order valence-corrected chi connectivity index (χ1v) is 15.6. The maximum atomic E-state index is 13.5. The highest BCUT2D eigenvalue weighted by atomic mass is 19.4. The van der Waals surface area contributed by atoms with Gasteiger partial charge in [-0.3, -0.25) is 0 Å². The Bertz CT molecular complexity index is 2240. The Morgan fingerprint density at radius 2 is 1.11 bits per heavy atom. The molecular formula is C36H26F6N8O4. The number of alkyl halides is 6. The molecule has 0 amide bonds. The summed E-state index contributed by atoms with van der Waals surface area (Å²) in [6.45, 7) is 1.73. The summed E-state index contributed by atoms with van der Waals surface area (Å²) < 4.78 is 85.1. The maximum Gasteiger partial charge on any atom is 0.418 e. The molecule has 0 bridgehead atoms. The lowest BCUT2D eigenvalue weighted by atomic mass is 10.1. The summed E-state index contributed by atoms with van der Waals surface area (Å²) in [6.07, 6.45) is -0.806. The summed E-state index contributed by atoms with van der Waals surface area (Å²) in [5, 5.41) is 14.3. The van der Waals surface area contributed by atoms with Crippen LogP contribution in [-0.2, 0) is 17.1 Å². The van der Waals surface area contributed by atoms with E-state index in [0.717, 1.165) is 36.4 Å². The minimum absolute atomic E-state index is 0.00290. The van der Waals surface area contributed by atoms with Gasteiger partial charge in [-0.05, 0) is 79.7 Å². The normalized spacial score (nSPS) is 11.2. The molecule has 0 aliphatic carbocycles. The maximum absolute atomic E-state index is 13.5. The van der Waals surface area contributed by atoms with Gasteiger partial charge in [0.2, 0.25) is 0 Å². The van der Waals surface area contributed by atoms with Crippen molar-refractivity contribution in [3.8, 4) is 22.5 Å². The zero-order chi connectivity index (χ0) is 38.9. The van der Waals surface area contributed by atoms with Crippen LogP contribution in [0.5, 0.6) is 0 Å². The molecule has 0 radical (unpaired) electrons. The molecule has 0 atom stereocenters. The highest BCUT2D eigenvalue weighted by Gasteiger charge is 2.35. The monoisotopic (exact) mass is 748 g/mol. The lowest BCUT2D eigenvalue weighted by Gasteiger charge is -2.17. The number of nitrogens with one attached hydrogen (secondary N) is 2. The number of ether oxygens (including phenoxy) is 1. The van der Waals surface area contributed by atoms with Crippen molar-refractivity contribution in [2.45, 2.75) is 19.3 Å². The van der Waals surface area contributed by atoms with E-state index in [4.69, 9.17) is 9.84 Å². The predicted octanol–water partition coefficient (Wildman–Crippen LogP) is 8.48. The van der Waals surface area contributed by atoms with Crippen LogP contribution >= 0.6 is 0 Å². The second kappa shape index (κ2) is 16.6. The Morgan fingerprint density at radius 1 is 0.648 bits per heavy atom. The highest BCUT2D eigenvalue weighted by Crippen LogP contribution is 2.39. The third-order valence-corrected chi connectivity index (χ3v) is 7.25. The number of hydrogen-bond donors (Lipinski definition) is 3. The molecule has 54 heavy (non-hydrogen) atoms. The van der Waals surface area contributed by atoms with Crippen molar-refractivity contribution in [3.05, 3.63) is 132 Å². The lowest BCUT2D eigenvalue weighted by molar-refractivity contribution is -0.137. The van der Waals surface area contributed by atoms with Gasteiger partial charge < -0.3 is 20.5 Å². The zero-order valence-corrected chi connectivity index (χ0v) is 27.7. The fourth-order valence-electron chi connectivity index (χ4n) is 4.84. The van der Waals surface area contributed by atoms with Crippen molar-refractivity contribution in [2.24, 2.45) is 0 Å². The summed E-state index contributed by atoms with van der Waals surface area (Å²) in [5.74, 6) is -1.78. The van der Waals surface area contributed by atoms with Gasteiger partial charge in [-0.25, -0.2) is 39.5 Å². The summed E-state index contributed by atoms with van der Waals surface area (Å²) in [5.41, 5.74) is -1.06. The summed E-state index contributed by atoms with van der Waals surface area (Å²) >= 11 is 0. The van der Waals surface area contributed by atoms with Crippen molar-refractivity contribution >= 4 is 34.9 Å². The van der Waals surface area contributed by atoms with Crippen LogP contribution in [0.4, 0.5) is 49.4 Å². The molecule has 0 fully saturated rings. The molecule has 4 heterocycles. The number of nitrogens with zero attached hydrogens (tertiary/aromatic N) is 6. The summed E-state index contributed by atoms with van der Waals surface area (Å²) in [4.78, 5) is 47.0. The molecule has 4 aromatic heterocycles. The average molecular weight is 749 g/mol. The number of benzene rings is 2. The van der Waals surface area contributed by atoms with Crippen molar-refractivity contribution in [2.75, 3.05) is 17.2 Å². The van der Waals surface area contributed by atoms with Crippen LogP contribution in [0.1, 0.15) is 38.8 Å². The number of halogens is 6. The van der Waals surface area contributed by atoms with Gasteiger partial charge in [-0.2, -0.15) is 26.3 Å². The van der Waals surface area contributed by atoms with E-state index in [9.17, 15) is 35.9 Å². The largest absolute Gasteiger partial charge is 0.478 e. The van der Waals surface area contributed by atoms with Gasteiger partial charge in [0.1, 0.15) is 24.3 Å². The van der Waals surface area contributed by atoms with Crippen molar-refractivity contribution < 1.29 is 45.8 Å². The van der Waals surface area contributed by atoms with E-state index in [0.29, 0.717) is 22.5 Å². The van der Waals surface area contributed by atoms with E-state index in [1.165, 1.54) is 37.4 Å². The molecule has 0 unspecified atom stereocenters. The third kappa shape index (κ3) is 9.46. The highest BCUT2D eigenvalue weighted by molar-refractivity contribution is 5.92. The zero-order valence-electron chi connectivity index (χ0n) is 27.7. The van der Waals surface area contributed by atoms with Gasteiger partial charge in [0, 0.05) is 35.9 Å². The van der Waals surface area contributed by atoms with Crippen LogP contribution in [-0.4, -0.2) is 53.6 Å². The van der Waals surface area contributed by atoms with Crippen molar-refractivity contribution in [1.29, 1.82) is 0 Å². The van der Waals surface area contributed by atoms with Crippen LogP contribution in [0.25, 0.3) is 22.5 Å². The van der Waals surface area contributed by atoms with Gasteiger partial charge in [-0.15, -0.1) is 0 Å². The minimum atomic E-state index is -4.66. The number of anilines is 4. The fraction of sp³-hybridized carbons (Fsp3) is 0.111. The molecular weight excluding hydrogens is 722 g/mol. The van der Waals surface area contributed by atoms with Gasteiger partial charge in [0.15, 0.2) is 0 Å². The molecule has 276 valence electrons. The first-order valence-electron chi connectivity index (χ1n) is 15.6. The number of carbonyl (C=O) groups excluding carboxylic acids is 1. The molecule has 18 heteroatoms. The molecule has 0 saturated heterocycles. The second-order valence-electron chi connectivity index (χ2n) is 10.8. The number of pyridine rings is 2. The van der Waals surface area contributed by atoms with E-state index >= 15 is 0 Å². The Labute approximate surface area is 302 Å². The quantitative estimate of drug-likeness (QED) is 0.0956. The smallest absolute Gasteiger partial charge is 0.418 e. The van der Waals surface area contributed by atoms with Gasteiger partial charge >= 0.3 is 24.3 Å². The molecule has 6 aromatic rings. The van der Waals surface area contributed by atoms with E-state index in [-0.39, 0.29) is 35.1 Å². The van der Waals surface area contributed by atoms with Gasteiger partial charge in [0.05, 0.1) is 51.6 Å². The number of carboxylic acid groups (broad SMARTS) is 1. The topological polar surface area (TPSA) is 165 Å². The molecule has 0 saturated carbocycles. The molecule has 0 aliphatic heterocycles. The Morgan fingerprint density at radius 3 is 1.52 bits per heavy atom. The number of rotatable bonds is 9. The predicted molar refractivity (Wildman–Crippen MR) is 183 cm³/mol. The van der Waals surface area contributed by atoms with Crippen LogP contribution in [0, 0.1) is 0 Å². The van der Waals surface area contributed by atoms with Crippen LogP contribution in [0.3, 0.4) is 0 Å². The molecule has 0 spiro atoms. The van der Waals surface area contributed by atoms with E-state index in [1.54, 1.807) is 43.3 Å². The number of hydrogen-bond acceptors (Lipinski definition) is 11. The van der Waals surface area contributed by atoms with Crippen LogP contribution in [0.2, 0.25) is 0 Å². The number of aromatic nitrogens is 6. The van der Waals surface area contributed by atoms with Crippen molar-refractivity contribution in [1.82, 2.24) is 29.9 Å². The Hall–Kier alpha value is -6.98. The average Bonchev–Trinajstić information content (AvgIpc) is 3.15. The lowest BCUT2D eigenvalue weighted by Crippen LogP contribution is -2.12. The van der Waals surface area contributed by atoms with Crippen LogP contribution in [0.15, 0.2) is 110 Å². The first kappa shape index (κ1) is 38.3. The molecule has 3 N–H and O–H groups in total. The van der Waals surface area contributed by atoms with Crippen LogP contribution < -0.4 is 10.6 Å². The fourth-order valence-corrected chi connectivity index (χ4v) is 4.84. The first-order chi connectivity index (χ1) is 25.8. The Balaban J connectivity index is 0.000000208. The van der Waals surface area contributed by atoms with E-state index < -0.39 is 41.1 Å². The molecule has 12 nitrogen and oxygen atoms in total. The minimum Gasteiger partial charge on any atom is -0.478 e. The summed E-state index contributed by atoms with van der Waals surface area (Å²) in [7, 11) is 0. The number of carbonyl (C=O) groups is 2. The van der Waals surface area contributed by atoms with Gasteiger partial charge in [-0.1, -0.05) is 0 Å². The molecule has 0 aliphatic rings. The van der Waals surface area contributed by atoms with Gasteiger partial charge in [0.25, 0.3) is 0 Å².